The molecule has 0 atom stereocenters. The molecule has 3 rings (SSSR count). The van der Waals surface area contributed by atoms with Gasteiger partial charge >= 0.3 is 5.97 Å². The summed E-state index contributed by atoms with van der Waals surface area (Å²) < 4.78 is 1.98. The minimum atomic E-state index is -0.986. The second-order valence-electron chi connectivity index (χ2n) is 5.47. The summed E-state index contributed by atoms with van der Waals surface area (Å²) in [4.78, 5) is 15.2. The van der Waals surface area contributed by atoms with Gasteiger partial charge in [-0.3, -0.25) is 9.67 Å². The number of nitrogens with zero attached hydrogens (tertiary/aromatic N) is 3. The lowest BCUT2D eigenvalue weighted by molar-refractivity contribution is 0.0698. The van der Waals surface area contributed by atoms with E-state index in [4.69, 9.17) is 0 Å². The van der Waals surface area contributed by atoms with E-state index in [0.29, 0.717) is 17.5 Å². The standard InChI is InChI=1S/C15H19N5O2/c1-10-9-20(11-2-5-16-6-3-11)19-14(10)18-13-8-17-7-4-12(13)15(21)22/h4,7-9,11,16H,2-3,5-6H2,1H3,(H,18,19)(H,21,22). The Bertz CT molecular complexity index is 676. The van der Waals surface area contributed by atoms with Crippen LogP contribution >= 0.6 is 0 Å². The van der Waals surface area contributed by atoms with Gasteiger partial charge in [0.2, 0.25) is 0 Å². The van der Waals surface area contributed by atoms with Gasteiger partial charge in [-0.15, -0.1) is 0 Å². The molecule has 3 N–H and O–H groups in total. The van der Waals surface area contributed by atoms with E-state index >= 15 is 0 Å². The molecule has 0 unspecified atom stereocenters. The maximum absolute atomic E-state index is 11.2. The fourth-order valence-electron chi connectivity index (χ4n) is 2.67. The van der Waals surface area contributed by atoms with Gasteiger partial charge in [0.25, 0.3) is 0 Å². The van der Waals surface area contributed by atoms with Gasteiger partial charge < -0.3 is 15.7 Å². The zero-order valence-corrected chi connectivity index (χ0v) is 12.4. The van der Waals surface area contributed by atoms with E-state index in [0.717, 1.165) is 31.5 Å². The number of nitrogens with one attached hydrogen (secondary N) is 2. The van der Waals surface area contributed by atoms with E-state index in [9.17, 15) is 9.90 Å². The van der Waals surface area contributed by atoms with Crippen molar-refractivity contribution in [1.29, 1.82) is 0 Å². The van der Waals surface area contributed by atoms with Crippen LogP contribution in [0.2, 0.25) is 0 Å². The molecule has 3 heterocycles. The number of hydrogen-bond donors (Lipinski definition) is 3. The maximum atomic E-state index is 11.2. The molecular weight excluding hydrogens is 282 g/mol. The molecule has 1 fully saturated rings. The van der Waals surface area contributed by atoms with Crippen LogP contribution in [0.3, 0.4) is 0 Å². The van der Waals surface area contributed by atoms with Crippen LogP contribution in [0, 0.1) is 6.92 Å². The van der Waals surface area contributed by atoms with Crippen molar-refractivity contribution in [2.24, 2.45) is 0 Å². The van der Waals surface area contributed by atoms with Gasteiger partial charge in [-0.2, -0.15) is 5.10 Å². The highest BCUT2D eigenvalue weighted by Crippen LogP contribution is 2.25. The summed E-state index contributed by atoms with van der Waals surface area (Å²) in [6.45, 7) is 3.96. The first-order valence-electron chi connectivity index (χ1n) is 7.36. The Morgan fingerprint density at radius 1 is 1.45 bits per heavy atom. The number of hydrogen-bond acceptors (Lipinski definition) is 5. The van der Waals surface area contributed by atoms with E-state index in [-0.39, 0.29) is 5.56 Å². The molecular formula is C15H19N5O2. The summed E-state index contributed by atoms with van der Waals surface area (Å²) in [6, 6.07) is 1.87. The van der Waals surface area contributed by atoms with Crippen molar-refractivity contribution in [1.82, 2.24) is 20.1 Å². The topological polar surface area (TPSA) is 92.1 Å². The first-order chi connectivity index (χ1) is 10.6. The van der Waals surface area contributed by atoms with Gasteiger partial charge in [0.1, 0.15) is 0 Å². The van der Waals surface area contributed by atoms with E-state index in [1.807, 2.05) is 17.8 Å². The van der Waals surface area contributed by atoms with Crippen LogP contribution in [0.5, 0.6) is 0 Å². The smallest absolute Gasteiger partial charge is 0.337 e. The Kier molecular flexibility index (Phi) is 4.06. The van der Waals surface area contributed by atoms with Gasteiger partial charge in [-0.1, -0.05) is 0 Å². The number of carbonyl (C=O) groups is 1. The highest BCUT2D eigenvalue weighted by molar-refractivity contribution is 5.94. The molecule has 0 bridgehead atoms. The predicted octanol–water partition coefficient (Wildman–Crippen LogP) is 1.95. The number of aromatic carboxylic acids is 1. The lowest BCUT2D eigenvalue weighted by atomic mass is 10.1. The van der Waals surface area contributed by atoms with Crippen LogP contribution in [0.25, 0.3) is 0 Å². The van der Waals surface area contributed by atoms with Gasteiger partial charge in [-0.25, -0.2) is 4.79 Å². The van der Waals surface area contributed by atoms with Crippen molar-refractivity contribution in [3.05, 3.63) is 35.8 Å². The molecule has 2 aromatic heterocycles. The van der Waals surface area contributed by atoms with Gasteiger partial charge in [0.05, 0.1) is 23.5 Å². The van der Waals surface area contributed by atoms with Gasteiger partial charge in [-0.05, 0) is 38.9 Å². The van der Waals surface area contributed by atoms with Crippen LogP contribution in [0.4, 0.5) is 11.5 Å². The van der Waals surface area contributed by atoms with Crippen LogP contribution in [0.1, 0.15) is 34.8 Å². The summed E-state index contributed by atoms with van der Waals surface area (Å²) in [5.41, 5.74) is 1.62. The van der Waals surface area contributed by atoms with Crippen LogP contribution < -0.4 is 10.6 Å². The molecule has 1 saturated heterocycles. The Hall–Kier alpha value is -2.41. The normalized spacial score (nSPS) is 15.7. The molecule has 2 aromatic rings. The van der Waals surface area contributed by atoms with Crippen molar-refractivity contribution in [3.63, 3.8) is 0 Å². The number of carboxylic acid groups (broad SMARTS) is 1. The Morgan fingerprint density at radius 2 is 2.23 bits per heavy atom. The first kappa shape index (κ1) is 14.5. The second-order valence-corrected chi connectivity index (χ2v) is 5.47. The first-order valence-corrected chi connectivity index (χ1v) is 7.36. The number of aromatic nitrogens is 3. The molecule has 1 aliphatic heterocycles. The largest absolute Gasteiger partial charge is 0.478 e. The lowest BCUT2D eigenvalue weighted by Crippen LogP contribution is -2.29. The van der Waals surface area contributed by atoms with E-state index in [1.165, 1.54) is 18.5 Å². The summed E-state index contributed by atoms with van der Waals surface area (Å²) in [6.07, 6.45) is 7.08. The zero-order chi connectivity index (χ0) is 15.5. The maximum Gasteiger partial charge on any atom is 0.337 e. The minimum absolute atomic E-state index is 0.186. The molecule has 0 saturated carbocycles. The van der Waals surface area contributed by atoms with E-state index < -0.39 is 5.97 Å². The van der Waals surface area contributed by atoms with Gasteiger partial charge in [0, 0.05) is 18.0 Å². The van der Waals surface area contributed by atoms with Crippen molar-refractivity contribution in [3.8, 4) is 0 Å². The molecule has 1 aliphatic rings. The summed E-state index contributed by atoms with van der Waals surface area (Å²) >= 11 is 0. The molecule has 0 spiro atoms. The SMILES string of the molecule is Cc1cn(C2CCNCC2)nc1Nc1cnccc1C(=O)O. The molecule has 0 aliphatic carbocycles. The number of carboxylic acids is 1. The number of aryl methyl sites for hydroxylation is 1. The van der Waals surface area contributed by atoms with E-state index in [2.05, 4.69) is 20.7 Å². The second kappa shape index (κ2) is 6.15. The van der Waals surface area contributed by atoms with Crippen molar-refractivity contribution < 1.29 is 9.90 Å². The fraction of sp³-hybridized carbons (Fsp3) is 0.400. The molecule has 7 heteroatoms. The number of pyridine rings is 1. The minimum Gasteiger partial charge on any atom is -0.478 e. The van der Waals surface area contributed by atoms with Crippen LogP contribution in [-0.4, -0.2) is 38.9 Å². The molecule has 7 nitrogen and oxygen atoms in total. The highest BCUT2D eigenvalue weighted by Gasteiger charge is 2.18. The summed E-state index contributed by atoms with van der Waals surface area (Å²) in [7, 11) is 0. The molecule has 22 heavy (non-hydrogen) atoms. The summed E-state index contributed by atoms with van der Waals surface area (Å²) in [5, 5.41) is 20.2. The number of piperidine rings is 1. The third kappa shape index (κ3) is 2.94. The third-order valence-corrected chi connectivity index (χ3v) is 3.90. The van der Waals surface area contributed by atoms with Crippen LogP contribution in [0.15, 0.2) is 24.7 Å². The predicted molar refractivity (Wildman–Crippen MR) is 82.6 cm³/mol. The molecule has 0 aromatic carbocycles. The number of anilines is 2. The van der Waals surface area contributed by atoms with E-state index in [1.54, 1.807) is 0 Å². The highest BCUT2D eigenvalue weighted by atomic mass is 16.4. The average Bonchev–Trinajstić information content (AvgIpc) is 2.90. The average molecular weight is 301 g/mol. The Morgan fingerprint density at radius 3 is 2.95 bits per heavy atom. The Labute approximate surface area is 128 Å². The lowest BCUT2D eigenvalue weighted by Gasteiger charge is -2.22. The Balaban J connectivity index is 1.84. The van der Waals surface area contributed by atoms with Crippen LogP contribution in [-0.2, 0) is 0 Å². The quantitative estimate of drug-likeness (QED) is 0.799. The van der Waals surface area contributed by atoms with Gasteiger partial charge in [0.15, 0.2) is 5.82 Å². The third-order valence-electron chi connectivity index (χ3n) is 3.90. The number of rotatable bonds is 4. The summed E-state index contributed by atoms with van der Waals surface area (Å²) in [5.74, 6) is -0.311. The monoisotopic (exact) mass is 301 g/mol. The van der Waals surface area contributed by atoms with Crippen molar-refractivity contribution in [2.75, 3.05) is 18.4 Å². The van der Waals surface area contributed by atoms with Crippen molar-refractivity contribution >= 4 is 17.5 Å². The fourth-order valence-corrected chi connectivity index (χ4v) is 2.67. The molecule has 116 valence electrons. The molecule has 0 amide bonds. The molecule has 0 radical (unpaired) electrons. The van der Waals surface area contributed by atoms with Crippen molar-refractivity contribution in [2.45, 2.75) is 25.8 Å². The zero-order valence-electron chi connectivity index (χ0n) is 12.4.